The van der Waals surface area contributed by atoms with E-state index in [0.29, 0.717) is 0 Å². The second kappa shape index (κ2) is 0.607. The van der Waals surface area contributed by atoms with Crippen LogP contribution in [0.1, 0.15) is 0 Å². The maximum atomic E-state index is 4.47. The van der Waals surface area contributed by atoms with Gasteiger partial charge in [-0.1, -0.05) is 0 Å². The quantitative estimate of drug-likeness (QED) is 0.432. The lowest BCUT2D eigenvalue weighted by atomic mass is 11.4. The predicted octanol–water partition coefficient (Wildman–Crippen LogP) is 0.0131. The molecule has 0 saturated heterocycles. The van der Waals surface area contributed by atoms with Gasteiger partial charge in [0.1, 0.15) is 0 Å². The fourth-order valence-electron chi connectivity index (χ4n) is 0.141. The Labute approximate surface area is 29.1 Å². The van der Waals surface area contributed by atoms with E-state index >= 15 is 0 Å². The molecule has 1 heterocycles. The summed E-state index contributed by atoms with van der Waals surface area (Å²) in [6, 6.07) is 0. The molecule has 5 heavy (non-hydrogen) atoms. The van der Waals surface area contributed by atoms with Crippen molar-refractivity contribution < 1.29 is 4.52 Å². The number of nitrogens with zero attached hydrogens (tertiary/aromatic N) is 2. The van der Waals surface area contributed by atoms with Crippen LogP contribution in [-0.4, -0.2) is 9.95 Å². The summed E-state index contributed by atoms with van der Waals surface area (Å²) < 4.78 is 4.47. The van der Waals surface area contributed by atoms with Gasteiger partial charge in [0.15, 0.2) is 0 Å². The molecule has 1 aromatic heterocycles. The molecule has 1 rings (SSSR count). The van der Waals surface area contributed by atoms with Gasteiger partial charge in [0, 0.05) is 0 Å². The molecule has 0 bridgehead atoms. The van der Waals surface area contributed by atoms with Crippen molar-refractivity contribution in [2.24, 2.45) is 7.05 Å². The van der Waals surface area contributed by atoms with Crippen LogP contribution >= 0.6 is 0 Å². The maximum absolute atomic E-state index is 4.47. The smallest absolute Gasteiger partial charge is 0.232 e. The van der Waals surface area contributed by atoms with E-state index in [4.69, 9.17) is 0 Å². The zero-order valence-corrected chi connectivity index (χ0v) is 2.88. The number of hydrogen-bond donors (Lipinski definition) is 0. The predicted molar refractivity (Wildman–Crippen MR) is 15.5 cm³/mol. The molecule has 0 spiro atoms. The third-order valence-corrected chi connectivity index (χ3v) is 0.409. The highest BCUT2D eigenvalue weighted by Gasteiger charge is 1.73. The fourth-order valence-corrected chi connectivity index (χ4v) is 0.141. The minimum absolute atomic E-state index is 1.38. The van der Waals surface area contributed by atoms with Crippen LogP contribution in [0.3, 0.4) is 0 Å². The van der Waals surface area contributed by atoms with E-state index in [1.165, 1.54) is 11.2 Å². The molecule has 0 atom stereocenters. The number of aryl methyl sites for hydroxylation is 1. The molecule has 3 nitrogen and oxygen atoms in total. The highest BCUT2D eigenvalue weighted by molar-refractivity contribution is 4.22. The summed E-state index contributed by atoms with van der Waals surface area (Å²) in [4.78, 5) is 1.38. The van der Waals surface area contributed by atoms with Crippen molar-refractivity contribution in [3.8, 4) is 0 Å². The molecule has 0 fully saturated rings. The fraction of sp³-hybridized carbons (Fsp3) is 0.500. The Bertz CT molecular complexity index is 89.8. The monoisotopic (exact) mass is 72.0 g/mol. The minimum atomic E-state index is 1.38. The molecule has 0 N–H and O–H groups in total. The topological polar surface area (TPSA) is 31.0 Å². The summed E-state index contributed by atoms with van der Waals surface area (Å²) in [6.07, 6.45) is 1.38. The first kappa shape index (κ1) is 2.50. The average Bonchev–Trinajstić information content (AvgIpc) is 1.30. The third kappa shape index (κ3) is 0.190. The number of rotatable bonds is 0. The van der Waals surface area contributed by atoms with Crippen LogP contribution in [0.5, 0.6) is 0 Å². The second-order valence-electron chi connectivity index (χ2n) is 0.791. The lowest BCUT2D eigenvalue weighted by molar-refractivity contribution is 0.170. The van der Waals surface area contributed by atoms with E-state index in [1.807, 2.05) is 0 Å². The third-order valence-electron chi connectivity index (χ3n) is 0.409. The molecule has 3 heteroatoms. The van der Waals surface area contributed by atoms with E-state index in [1.54, 1.807) is 7.05 Å². The Morgan fingerprint density at radius 2 is 2.40 bits per heavy atom. The highest BCUT2D eigenvalue weighted by Crippen LogP contribution is 1.71. The zero-order chi connectivity index (χ0) is 3.70. The molecular formula is C2H4N2O. The standard InChI is InChI=1S/C2H4N2O/c1-4-3-2-5-4/h2H,1H3. The van der Waals surface area contributed by atoms with Crippen molar-refractivity contribution in [3.05, 3.63) is 6.39 Å². The average molecular weight is 72.1 g/mol. The van der Waals surface area contributed by atoms with Gasteiger partial charge >= 0.3 is 0 Å². The largest absolute Gasteiger partial charge is 0.349 e. The van der Waals surface area contributed by atoms with Crippen molar-refractivity contribution in [2.45, 2.75) is 0 Å². The van der Waals surface area contributed by atoms with Gasteiger partial charge in [0.05, 0.1) is 7.05 Å². The van der Waals surface area contributed by atoms with Gasteiger partial charge in [-0.15, -0.1) is 9.95 Å². The molecule has 0 aliphatic heterocycles. The molecule has 0 aromatic carbocycles. The van der Waals surface area contributed by atoms with Gasteiger partial charge < -0.3 is 4.52 Å². The molecule has 0 radical (unpaired) electrons. The molecular weight excluding hydrogens is 68.0 g/mol. The Balaban J connectivity index is 2.83. The maximum Gasteiger partial charge on any atom is 0.232 e. The Hall–Kier alpha value is -0.730. The lowest BCUT2D eigenvalue weighted by Crippen LogP contribution is -1.96. The molecule has 0 amide bonds. The van der Waals surface area contributed by atoms with Gasteiger partial charge in [-0.25, -0.2) is 0 Å². The number of hydrogen-bond acceptors (Lipinski definition) is 2. The summed E-state index contributed by atoms with van der Waals surface area (Å²) in [7, 11) is 1.72. The normalized spacial score (nSPS) is 9.00. The summed E-state index contributed by atoms with van der Waals surface area (Å²) in [5.74, 6) is 0. The van der Waals surface area contributed by atoms with Crippen molar-refractivity contribution in [1.29, 1.82) is 0 Å². The number of aromatic nitrogens is 2. The molecule has 0 aliphatic carbocycles. The van der Waals surface area contributed by atoms with Gasteiger partial charge in [-0.3, -0.25) is 0 Å². The zero-order valence-electron chi connectivity index (χ0n) is 2.88. The van der Waals surface area contributed by atoms with Gasteiger partial charge in [0.25, 0.3) is 0 Å². The Morgan fingerprint density at radius 3 is 2.40 bits per heavy atom. The lowest BCUT2D eigenvalue weighted by Gasteiger charge is -1.91. The molecule has 28 valence electrons. The van der Waals surface area contributed by atoms with E-state index in [-0.39, 0.29) is 0 Å². The van der Waals surface area contributed by atoms with Gasteiger partial charge in [-0.05, 0) is 0 Å². The molecule has 1 aromatic rings. The van der Waals surface area contributed by atoms with Crippen LogP contribution in [-0.2, 0) is 7.05 Å². The highest BCUT2D eigenvalue weighted by atomic mass is 16.5. The van der Waals surface area contributed by atoms with Crippen molar-refractivity contribution in [2.75, 3.05) is 0 Å². The first-order valence-corrected chi connectivity index (χ1v) is 1.32. The van der Waals surface area contributed by atoms with E-state index in [0.717, 1.165) is 0 Å². The molecule has 0 unspecified atom stereocenters. The summed E-state index contributed by atoms with van der Waals surface area (Å²) >= 11 is 0. The van der Waals surface area contributed by atoms with Crippen LogP contribution in [0.15, 0.2) is 10.9 Å². The van der Waals surface area contributed by atoms with E-state index in [2.05, 4.69) is 9.62 Å². The molecule has 0 aliphatic rings. The van der Waals surface area contributed by atoms with Crippen LogP contribution in [0, 0.1) is 0 Å². The summed E-state index contributed by atoms with van der Waals surface area (Å²) in [6.45, 7) is 0. The molecule has 0 saturated carbocycles. The van der Waals surface area contributed by atoms with Crippen LogP contribution in [0.25, 0.3) is 0 Å². The van der Waals surface area contributed by atoms with Crippen LogP contribution in [0.4, 0.5) is 0 Å². The summed E-state index contributed by atoms with van der Waals surface area (Å²) in [5, 5.41) is 3.56. The second-order valence-corrected chi connectivity index (χ2v) is 0.791. The Morgan fingerprint density at radius 1 is 2.00 bits per heavy atom. The van der Waals surface area contributed by atoms with Gasteiger partial charge in [0.2, 0.25) is 6.39 Å². The van der Waals surface area contributed by atoms with Crippen molar-refractivity contribution in [1.82, 2.24) is 9.95 Å². The Kier molecular flexibility index (Phi) is 0.304. The minimum Gasteiger partial charge on any atom is -0.349 e. The summed E-state index contributed by atoms with van der Waals surface area (Å²) in [5.41, 5.74) is 0. The SMILES string of the molecule is Cn1nco1. The first-order chi connectivity index (χ1) is 2.39. The van der Waals surface area contributed by atoms with E-state index < -0.39 is 0 Å². The van der Waals surface area contributed by atoms with Crippen molar-refractivity contribution in [3.63, 3.8) is 0 Å². The van der Waals surface area contributed by atoms with Crippen LogP contribution < -0.4 is 0 Å². The van der Waals surface area contributed by atoms with Crippen LogP contribution in [0.2, 0.25) is 0 Å². The van der Waals surface area contributed by atoms with Gasteiger partial charge in [-0.2, -0.15) is 0 Å². The van der Waals surface area contributed by atoms with E-state index in [9.17, 15) is 0 Å². The first-order valence-electron chi connectivity index (χ1n) is 1.32. The van der Waals surface area contributed by atoms with Crippen molar-refractivity contribution >= 4 is 0 Å².